The third kappa shape index (κ3) is 1.12. The monoisotopic (exact) mass is 200 g/mol. The second kappa shape index (κ2) is 2.39. The van der Waals surface area contributed by atoms with Crippen molar-refractivity contribution in [2.75, 3.05) is 6.61 Å². The largest absolute Gasteiger partial charge is 0.465 e. The lowest BCUT2D eigenvalue weighted by Gasteiger charge is -2.09. The van der Waals surface area contributed by atoms with Crippen molar-refractivity contribution in [3.05, 3.63) is 0 Å². The molecule has 1 fully saturated rings. The van der Waals surface area contributed by atoms with Crippen LogP contribution in [0.2, 0.25) is 0 Å². The molecule has 0 spiro atoms. The molecule has 0 aliphatic carbocycles. The fourth-order valence-electron chi connectivity index (χ4n) is 0.185. The van der Waals surface area contributed by atoms with Crippen molar-refractivity contribution in [1.29, 1.82) is 0 Å². The number of halogens is 1. The Hall–Kier alpha value is 0.200. The molecule has 0 N–H and O–H groups in total. The summed E-state index contributed by atoms with van der Waals surface area (Å²) in [4.78, 5) is 9.68. The van der Waals surface area contributed by atoms with Crippen LogP contribution in [0.25, 0.3) is 0 Å². The molecule has 0 aromatic carbocycles. The minimum Gasteiger partial charge on any atom is -0.465 e. The van der Waals surface area contributed by atoms with Gasteiger partial charge < -0.3 is 4.74 Å². The molecule has 1 saturated heterocycles. The number of ether oxygens (including phenoxy) is 1. The number of carbonyl (C=O) groups excluding carboxylic acids is 1. The lowest BCUT2D eigenvalue weighted by Crippen LogP contribution is -2.18. The number of rotatable bonds is 0. The van der Waals surface area contributed by atoms with Gasteiger partial charge >= 0.3 is 5.97 Å². The standard InChI is InChI=1S/C3H4O2.HI/c4-3-1-2-5-3;/h1-2H2;1H. The summed E-state index contributed by atoms with van der Waals surface area (Å²) in [6.45, 7) is 0.638. The molecule has 0 aromatic heterocycles. The van der Waals surface area contributed by atoms with Crippen LogP contribution in [0, 0.1) is 0 Å². The zero-order valence-electron chi connectivity index (χ0n) is 3.14. The van der Waals surface area contributed by atoms with Crippen molar-refractivity contribution in [3.8, 4) is 0 Å². The van der Waals surface area contributed by atoms with Gasteiger partial charge in [0.1, 0.15) is 6.61 Å². The van der Waals surface area contributed by atoms with Gasteiger partial charge in [0.25, 0.3) is 0 Å². The quantitative estimate of drug-likeness (QED) is 0.421. The molecular formula is C3H5IO2. The average molecular weight is 200 g/mol. The van der Waals surface area contributed by atoms with Gasteiger partial charge in [-0.25, -0.2) is 0 Å². The lowest BCUT2D eigenvalue weighted by atomic mass is 10.4. The highest BCUT2D eigenvalue weighted by Crippen LogP contribution is 1.97. The van der Waals surface area contributed by atoms with Crippen LogP contribution in [0.15, 0.2) is 0 Å². The van der Waals surface area contributed by atoms with E-state index in [9.17, 15) is 4.79 Å². The zero-order valence-corrected chi connectivity index (χ0v) is 5.47. The highest BCUT2D eigenvalue weighted by atomic mass is 127. The number of carbonyl (C=O) groups is 1. The predicted octanol–water partition coefficient (Wildman–Crippen LogP) is 0.551. The summed E-state index contributed by atoms with van der Waals surface area (Å²) in [7, 11) is 0. The second-order valence-electron chi connectivity index (χ2n) is 0.970. The maximum absolute atomic E-state index is 9.68. The summed E-state index contributed by atoms with van der Waals surface area (Å²) < 4.78 is 4.29. The Morgan fingerprint density at radius 1 is 1.67 bits per heavy atom. The fourth-order valence-corrected chi connectivity index (χ4v) is 0.185. The Bertz CT molecular complexity index is 55.8. The Labute approximate surface area is 52.9 Å². The third-order valence-corrected chi connectivity index (χ3v) is 0.569. The van der Waals surface area contributed by atoms with Crippen LogP contribution in [-0.2, 0) is 9.53 Å². The molecule has 0 saturated carbocycles. The van der Waals surface area contributed by atoms with E-state index in [0.717, 1.165) is 0 Å². The number of cyclic esters (lactones) is 1. The molecule has 0 unspecified atom stereocenters. The first kappa shape index (κ1) is 6.20. The van der Waals surface area contributed by atoms with E-state index in [1.54, 1.807) is 0 Å². The van der Waals surface area contributed by atoms with E-state index >= 15 is 0 Å². The minimum atomic E-state index is -0.0648. The molecule has 1 heterocycles. The van der Waals surface area contributed by atoms with Crippen LogP contribution in [0.3, 0.4) is 0 Å². The van der Waals surface area contributed by atoms with Gasteiger partial charge in [-0.05, 0) is 0 Å². The Balaban J connectivity index is 0.000000250. The number of esters is 1. The third-order valence-electron chi connectivity index (χ3n) is 0.569. The number of hydrogen-bond acceptors (Lipinski definition) is 2. The molecule has 0 radical (unpaired) electrons. The van der Waals surface area contributed by atoms with E-state index in [4.69, 9.17) is 0 Å². The highest BCUT2D eigenvalue weighted by Gasteiger charge is 2.10. The molecule has 36 valence electrons. The molecule has 1 aliphatic rings. The molecule has 0 atom stereocenters. The van der Waals surface area contributed by atoms with Crippen molar-refractivity contribution in [2.24, 2.45) is 0 Å². The van der Waals surface area contributed by atoms with Gasteiger partial charge in [-0.15, -0.1) is 24.0 Å². The van der Waals surface area contributed by atoms with Crippen LogP contribution < -0.4 is 0 Å². The molecular weight excluding hydrogens is 195 g/mol. The van der Waals surface area contributed by atoms with E-state index in [2.05, 4.69) is 4.74 Å². The van der Waals surface area contributed by atoms with Crippen LogP contribution in [0.1, 0.15) is 6.42 Å². The lowest BCUT2D eigenvalue weighted by molar-refractivity contribution is -0.157. The summed E-state index contributed by atoms with van der Waals surface area (Å²) in [5, 5.41) is 0. The van der Waals surface area contributed by atoms with Gasteiger partial charge in [0.05, 0.1) is 6.42 Å². The first-order valence-electron chi connectivity index (χ1n) is 1.55. The number of hydrogen-bond donors (Lipinski definition) is 0. The van der Waals surface area contributed by atoms with Crippen molar-refractivity contribution in [1.82, 2.24) is 0 Å². The van der Waals surface area contributed by atoms with Gasteiger partial charge in [0.15, 0.2) is 0 Å². The minimum absolute atomic E-state index is 0. The van der Waals surface area contributed by atoms with E-state index in [1.807, 2.05) is 0 Å². The maximum atomic E-state index is 9.68. The fraction of sp³-hybridized carbons (Fsp3) is 0.667. The topological polar surface area (TPSA) is 26.3 Å². The van der Waals surface area contributed by atoms with E-state index in [-0.39, 0.29) is 29.9 Å². The van der Waals surface area contributed by atoms with Crippen LogP contribution in [-0.4, -0.2) is 12.6 Å². The van der Waals surface area contributed by atoms with Crippen LogP contribution in [0.5, 0.6) is 0 Å². The van der Waals surface area contributed by atoms with E-state index < -0.39 is 0 Å². The van der Waals surface area contributed by atoms with Crippen LogP contribution >= 0.6 is 24.0 Å². The zero-order chi connectivity index (χ0) is 3.70. The molecule has 0 bridgehead atoms. The summed E-state index contributed by atoms with van der Waals surface area (Å²) in [6, 6.07) is 0. The highest BCUT2D eigenvalue weighted by molar-refractivity contribution is 14.0. The summed E-state index contributed by atoms with van der Waals surface area (Å²) in [5.74, 6) is -0.0648. The second-order valence-corrected chi connectivity index (χ2v) is 0.970. The normalized spacial score (nSPS) is 17.0. The summed E-state index contributed by atoms with van der Waals surface area (Å²) >= 11 is 0. The van der Waals surface area contributed by atoms with E-state index in [1.165, 1.54) is 0 Å². The molecule has 2 nitrogen and oxygen atoms in total. The van der Waals surface area contributed by atoms with Crippen molar-refractivity contribution >= 4 is 29.9 Å². The summed E-state index contributed by atoms with van der Waals surface area (Å²) in [5.41, 5.74) is 0. The molecule has 1 aliphatic heterocycles. The van der Waals surface area contributed by atoms with Gasteiger partial charge in [-0.3, -0.25) is 4.79 Å². The van der Waals surface area contributed by atoms with E-state index in [0.29, 0.717) is 13.0 Å². The Morgan fingerprint density at radius 2 is 2.00 bits per heavy atom. The van der Waals surface area contributed by atoms with Crippen molar-refractivity contribution in [2.45, 2.75) is 6.42 Å². The molecule has 0 amide bonds. The maximum Gasteiger partial charge on any atom is 0.309 e. The van der Waals surface area contributed by atoms with Crippen LogP contribution in [0.4, 0.5) is 0 Å². The van der Waals surface area contributed by atoms with Gasteiger partial charge in [0.2, 0.25) is 0 Å². The molecule has 0 aromatic rings. The van der Waals surface area contributed by atoms with Gasteiger partial charge in [0, 0.05) is 0 Å². The van der Waals surface area contributed by atoms with Crippen molar-refractivity contribution in [3.63, 3.8) is 0 Å². The molecule has 6 heavy (non-hydrogen) atoms. The van der Waals surface area contributed by atoms with Gasteiger partial charge in [-0.2, -0.15) is 0 Å². The summed E-state index contributed by atoms with van der Waals surface area (Å²) in [6.07, 6.45) is 0.625. The SMILES string of the molecule is I.O=C1CCO1. The Kier molecular flexibility index (Phi) is 2.47. The molecule has 3 heteroatoms. The Morgan fingerprint density at radius 3 is 2.00 bits per heavy atom. The first-order chi connectivity index (χ1) is 2.39. The first-order valence-corrected chi connectivity index (χ1v) is 1.55. The van der Waals surface area contributed by atoms with Gasteiger partial charge in [-0.1, -0.05) is 0 Å². The molecule has 1 rings (SSSR count). The smallest absolute Gasteiger partial charge is 0.309 e. The average Bonchev–Trinajstić information content (AvgIpc) is 1.30. The predicted molar refractivity (Wildman–Crippen MR) is 31.0 cm³/mol. The van der Waals surface area contributed by atoms with Crippen molar-refractivity contribution < 1.29 is 9.53 Å².